The van der Waals surface area contributed by atoms with Crippen molar-refractivity contribution in [2.75, 3.05) is 5.73 Å². The van der Waals surface area contributed by atoms with Gasteiger partial charge in [0.15, 0.2) is 0 Å². The largest absolute Gasteiger partial charge is 0.573 e. The molecule has 0 aliphatic carbocycles. The van der Waals surface area contributed by atoms with Gasteiger partial charge in [0.2, 0.25) is 0 Å². The van der Waals surface area contributed by atoms with Crippen molar-refractivity contribution in [2.24, 2.45) is 0 Å². The van der Waals surface area contributed by atoms with Crippen molar-refractivity contribution in [1.29, 1.82) is 0 Å². The van der Waals surface area contributed by atoms with Crippen LogP contribution < -0.4 is 10.5 Å². The fourth-order valence-corrected chi connectivity index (χ4v) is 0.904. The molecule has 8 heteroatoms. The number of nitrogens with zero attached hydrogens (tertiary/aromatic N) is 1. The Kier molecular flexibility index (Phi) is 2.69. The summed E-state index contributed by atoms with van der Waals surface area (Å²) in [5, 5.41) is 10.3. The lowest BCUT2D eigenvalue weighted by atomic mass is 10.2. The van der Waals surface area contributed by atoms with E-state index in [0.29, 0.717) is 6.07 Å². The molecule has 0 unspecified atom stereocenters. The fraction of sp³-hybridized carbons (Fsp3) is 0.143. The van der Waals surface area contributed by atoms with Gasteiger partial charge in [-0.25, -0.2) is 0 Å². The van der Waals surface area contributed by atoms with E-state index in [1.54, 1.807) is 0 Å². The van der Waals surface area contributed by atoms with Gasteiger partial charge in [-0.1, -0.05) is 0 Å². The van der Waals surface area contributed by atoms with E-state index in [-0.39, 0.29) is 5.69 Å². The second-order valence-corrected chi connectivity index (χ2v) is 2.57. The SMILES string of the molecule is Nc1cc(OC(F)(F)F)cc([N+](=O)[O-])c1. The number of halogens is 3. The number of non-ortho nitro benzene ring substituents is 1. The summed E-state index contributed by atoms with van der Waals surface area (Å²) < 4.78 is 38.8. The van der Waals surface area contributed by atoms with Crippen LogP contribution >= 0.6 is 0 Å². The van der Waals surface area contributed by atoms with E-state index in [0.717, 1.165) is 12.1 Å². The number of hydrogen-bond donors (Lipinski definition) is 1. The Labute approximate surface area is 81.4 Å². The number of nitrogens with two attached hydrogens (primary N) is 1. The van der Waals surface area contributed by atoms with Crippen LogP contribution in [0.3, 0.4) is 0 Å². The minimum absolute atomic E-state index is 0.177. The van der Waals surface area contributed by atoms with Crippen LogP contribution in [0.5, 0.6) is 5.75 Å². The average Bonchev–Trinajstić information content (AvgIpc) is 1.99. The summed E-state index contributed by atoms with van der Waals surface area (Å²) >= 11 is 0. The van der Waals surface area contributed by atoms with Gasteiger partial charge in [-0.2, -0.15) is 0 Å². The molecule has 0 atom stereocenters. The molecule has 0 heterocycles. The van der Waals surface area contributed by atoms with Crippen LogP contribution in [-0.2, 0) is 0 Å². The Morgan fingerprint density at radius 3 is 2.40 bits per heavy atom. The summed E-state index contributed by atoms with van der Waals surface area (Å²) in [6.45, 7) is 0. The van der Waals surface area contributed by atoms with E-state index in [1.807, 2.05) is 0 Å². The molecule has 0 saturated heterocycles. The Balaban J connectivity index is 3.04. The van der Waals surface area contributed by atoms with Crippen molar-refractivity contribution in [3.8, 4) is 5.75 Å². The molecule has 0 saturated carbocycles. The third-order valence-electron chi connectivity index (χ3n) is 1.36. The lowest BCUT2D eigenvalue weighted by Crippen LogP contribution is -2.17. The summed E-state index contributed by atoms with van der Waals surface area (Å²) in [6.07, 6.45) is -4.90. The maximum absolute atomic E-state index is 11.8. The van der Waals surface area contributed by atoms with Gasteiger partial charge in [0.25, 0.3) is 5.69 Å². The Morgan fingerprint density at radius 1 is 1.33 bits per heavy atom. The summed E-state index contributed by atoms with van der Waals surface area (Å²) in [5.74, 6) is -0.714. The maximum Gasteiger partial charge on any atom is 0.573 e. The standard InChI is InChI=1S/C7H5F3N2O3/c8-7(9,10)15-6-2-4(11)1-5(3-6)12(13)14/h1-3H,11H2. The van der Waals surface area contributed by atoms with Crippen LogP contribution in [0, 0.1) is 10.1 Å². The molecule has 0 amide bonds. The van der Waals surface area contributed by atoms with E-state index in [4.69, 9.17) is 5.73 Å². The Bertz CT molecular complexity index is 392. The quantitative estimate of drug-likeness (QED) is 0.472. The molecule has 0 aromatic heterocycles. The smallest absolute Gasteiger partial charge is 0.405 e. The van der Waals surface area contributed by atoms with Gasteiger partial charge in [0.1, 0.15) is 5.75 Å². The van der Waals surface area contributed by atoms with Gasteiger partial charge in [-0.05, 0) is 0 Å². The molecular weight excluding hydrogens is 217 g/mol. The van der Waals surface area contributed by atoms with Crippen LogP contribution in [0.1, 0.15) is 0 Å². The normalized spacial score (nSPS) is 11.1. The predicted molar refractivity (Wildman–Crippen MR) is 44.2 cm³/mol. The average molecular weight is 222 g/mol. The zero-order valence-electron chi connectivity index (χ0n) is 7.12. The monoisotopic (exact) mass is 222 g/mol. The van der Waals surface area contributed by atoms with Crippen molar-refractivity contribution < 1.29 is 22.8 Å². The molecule has 0 fully saturated rings. The first-order valence-corrected chi connectivity index (χ1v) is 3.58. The summed E-state index contributed by atoms with van der Waals surface area (Å²) in [5.41, 5.74) is 4.43. The number of anilines is 1. The van der Waals surface area contributed by atoms with Crippen LogP contribution in [0.4, 0.5) is 24.5 Å². The molecule has 0 aliphatic rings. The van der Waals surface area contributed by atoms with Gasteiger partial charge >= 0.3 is 6.36 Å². The highest BCUT2D eigenvalue weighted by molar-refractivity contribution is 5.53. The minimum atomic E-state index is -4.90. The predicted octanol–water partition coefficient (Wildman–Crippen LogP) is 2.08. The molecule has 0 spiro atoms. The number of rotatable bonds is 2. The van der Waals surface area contributed by atoms with Gasteiger partial charge < -0.3 is 10.5 Å². The molecular formula is C7H5F3N2O3. The first-order valence-electron chi connectivity index (χ1n) is 3.58. The second-order valence-electron chi connectivity index (χ2n) is 2.57. The van der Waals surface area contributed by atoms with Crippen LogP contribution in [-0.4, -0.2) is 11.3 Å². The molecule has 1 aromatic rings. The van der Waals surface area contributed by atoms with Crippen molar-refractivity contribution in [1.82, 2.24) is 0 Å². The highest BCUT2D eigenvalue weighted by atomic mass is 19.4. The lowest BCUT2D eigenvalue weighted by molar-refractivity contribution is -0.385. The van der Waals surface area contributed by atoms with E-state index in [1.165, 1.54) is 0 Å². The van der Waals surface area contributed by atoms with Crippen LogP contribution in [0.25, 0.3) is 0 Å². The number of nitrogen functional groups attached to an aromatic ring is 1. The molecule has 1 rings (SSSR count). The number of alkyl halides is 3. The lowest BCUT2D eigenvalue weighted by Gasteiger charge is -2.08. The second kappa shape index (κ2) is 3.64. The van der Waals surface area contributed by atoms with E-state index in [9.17, 15) is 23.3 Å². The first kappa shape index (κ1) is 11.1. The molecule has 0 aliphatic heterocycles. The highest BCUT2D eigenvalue weighted by Gasteiger charge is 2.31. The zero-order chi connectivity index (χ0) is 11.6. The third-order valence-corrected chi connectivity index (χ3v) is 1.36. The summed E-state index contributed by atoms with van der Waals surface area (Å²) in [7, 11) is 0. The van der Waals surface area contributed by atoms with E-state index in [2.05, 4.69) is 4.74 Å². The van der Waals surface area contributed by atoms with E-state index < -0.39 is 22.7 Å². The number of nitro benzene ring substituents is 1. The molecule has 82 valence electrons. The van der Waals surface area contributed by atoms with Gasteiger partial charge in [0, 0.05) is 17.8 Å². The number of benzene rings is 1. The first-order chi connectivity index (χ1) is 6.78. The number of ether oxygens (including phenoxy) is 1. The van der Waals surface area contributed by atoms with Crippen molar-refractivity contribution in [3.63, 3.8) is 0 Å². The molecule has 2 N–H and O–H groups in total. The van der Waals surface area contributed by atoms with Crippen molar-refractivity contribution in [3.05, 3.63) is 28.3 Å². The van der Waals surface area contributed by atoms with Crippen molar-refractivity contribution >= 4 is 11.4 Å². The topological polar surface area (TPSA) is 78.4 Å². The van der Waals surface area contributed by atoms with E-state index >= 15 is 0 Å². The van der Waals surface area contributed by atoms with Crippen LogP contribution in [0.15, 0.2) is 18.2 Å². The molecule has 1 aromatic carbocycles. The maximum atomic E-state index is 11.8. The van der Waals surface area contributed by atoms with Crippen molar-refractivity contribution in [2.45, 2.75) is 6.36 Å². The molecule has 0 radical (unpaired) electrons. The Hall–Kier alpha value is -1.99. The van der Waals surface area contributed by atoms with Gasteiger partial charge in [-0.3, -0.25) is 10.1 Å². The van der Waals surface area contributed by atoms with Gasteiger partial charge in [-0.15, -0.1) is 13.2 Å². The highest BCUT2D eigenvalue weighted by Crippen LogP contribution is 2.28. The summed E-state index contributed by atoms with van der Waals surface area (Å²) in [4.78, 5) is 9.42. The third kappa shape index (κ3) is 3.33. The number of hydrogen-bond acceptors (Lipinski definition) is 4. The summed E-state index contributed by atoms with van der Waals surface area (Å²) in [6, 6.07) is 2.42. The number of nitro groups is 1. The fourth-order valence-electron chi connectivity index (χ4n) is 0.904. The molecule has 0 bridgehead atoms. The van der Waals surface area contributed by atoms with Crippen LogP contribution in [0.2, 0.25) is 0 Å². The zero-order valence-corrected chi connectivity index (χ0v) is 7.12. The Morgan fingerprint density at radius 2 is 1.93 bits per heavy atom. The molecule has 15 heavy (non-hydrogen) atoms. The minimum Gasteiger partial charge on any atom is -0.405 e. The van der Waals surface area contributed by atoms with Gasteiger partial charge in [0.05, 0.1) is 11.0 Å². The molecule has 5 nitrogen and oxygen atoms in total.